The van der Waals surface area contributed by atoms with Gasteiger partial charge >= 0.3 is 0 Å². The highest BCUT2D eigenvalue weighted by Crippen LogP contribution is 2.08. The molecule has 5 nitrogen and oxygen atoms in total. The van der Waals surface area contributed by atoms with Gasteiger partial charge in [0.1, 0.15) is 5.82 Å². The van der Waals surface area contributed by atoms with E-state index < -0.39 is 0 Å². The summed E-state index contributed by atoms with van der Waals surface area (Å²) in [6.45, 7) is 0.137. The van der Waals surface area contributed by atoms with Crippen LogP contribution in [-0.4, -0.2) is 26.7 Å². The molecule has 0 saturated heterocycles. The van der Waals surface area contributed by atoms with E-state index >= 15 is 0 Å². The molecule has 134 valence electrons. The van der Waals surface area contributed by atoms with Crippen LogP contribution in [0.3, 0.4) is 0 Å². The maximum Gasteiger partial charge on any atom is 0.108 e. The molecule has 0 atom stereocenters. The van der Waals surface area contributed by atoms with E-state index in [1.165, 1.54) is 10.9 Å². The third-order valence-corrected chi connectivity index (χ3v) is 3.77. The van der Waals surface area contributed by atoms with Gasteiger partial charge in [-0.05, 0) is 17.7 Å². The van der Waals surface area contributed by atoms with Crippen LogP contribution >= 0.6 is 0 Å². The fraction of sp³-hybridized carbons (Fsp3) is 0.143. The van der Waals surface area contributed by atoms with Crippen LogP contribution in [0.25, 0.3) is 10.9 Å². The molecule has 0 aliphatic carbocycles. The minimum atomic E-state index is 0. The number of imidazole rings is 1. The van der Waals surface area contributed by atoms with Crippen LogP contribution in [0.15, 0.2) is 79.1 Å². The highest BCUT2D eigenvalue weighted by Gasteiger charge is 2.01. The van der Waals surface area contributed by atoms with Gasteiger partial charge in [-0.3, -0.25) is 4.98 Å². The van der Waals surface area contributed by atoms with E-state index in [0.29, 0.717) is 6.42 Å². The molecule has 0 bridgehead atoms. The molecule has 5 N–H and O–H groups in total. The molecule has 2 aromatic carbocycles. The molecule has 5 heteroatoms. The molecule has 26 heavy (non-hydrogen) atoms. The Morgan fingerprint density at radius 3 is 2.38 bits per heavy atom. The van der Waals surface area contributed by atoms with E-state index in [4.69, 9.17) is 5.11 Å². The molecule has 0 unspecified atom stereocenters. The van der Waals surface area contributed by atoms with E-state index in [2.05, 4.69) is 39.2 Å². The van der Waals surface area contributed by atoms with Crippen LogP contribution in [-0.2, 0) is 12.8 Å². The standard InChI is InChI=1S/C12H14N2O.C9H7N.H3N/c15-7-6-12-13-9-11(14-12)8-10-4-2-1-3-5-10;1-2-6-9-8(4-1)5-3-7-10-9;/h1-5,9,15H,6-8H2,(H,13,14);1-7H;1H3. The number of para-hydroxylation sites is 1. The zero-order valence-electron chi connectivity index (χ0n) is 14.7. The van der Waals surface area contributed by atoms with Crippen molar-refractivity contribution in [2.75, 3.05) is 6.61 Å². The fourth-order valence-electron chi connectivity index (χ4n) is 2.55. The third kappa shape index (κ3) is 5.51. The summed E-state index contributed by atoms with van der Waals surface area (Å²) in [4.78, 5) is 11.6. The van der Waals surface area contributed by atoms with E-state index in [0.717, 1.165) is 23.5 Å². The second-order valence-corrected chi connectivity index (χ2v) is 5.67. The number of aliphatic hydroxyl groups excluding tert-OH is 1. The molecule has 0 radical (unpaired) electrons. The summed E-state index contributed by atoms with van der Waals surface area (Å²) in [5.74, 6) is 0.850. The maximum absolute atomic E-state index is 8.76. The number of benzene rings is 2. The number of aliphatic hydroxyl groups is 1. The van der Waals surface area contributed by atoms with Crippen molar-refractivity contribution in [3.63, 3.8) is 0 Å². The summed E-state index contributed by atoms with van der Waals surface area (Å²) in [6.07, 6.45) is 5.14. The summed E-state index contributed by atoms with van der Waals surface area (Å²) in [5, 5.41) is 9.96. The molecule has 2 heterocycles. The minimum absolute atomic E-state index is 0. The number of hydrogen-bond donors (Lipinski definition) is 3. The van der Waals surface area contributed by atoms with Gasteiger partial charge in [0.15, 0.2) is 0 Å². The highest BCUT2D eigenvalue weighted by molar-refractivity contribution is 5.77. The summed E-state index contributed by atoms with van der Waals surface area (Å²) in [5.41, 5.74) is 3.33. The molecule has 2 aromatic heterocycles. The predicted molar refractivity (Wildman–Crippen MR) is 105 cm³/mol. The van der Waals surface area contributed by atoms with Crippen molar-refractivity contribution in [3.05, 3.63) is 96.2 Å². The zero-order valence-corrected chi connectivity index (χ0v) is 14.7. The Labute approximate surface area is 153 Å². The number of hydrogen-bond acceptors (Lipinski definition) is 4. The molecule has 0 aliphatic rings. The van der Waals surface area contributed by atoms with Gasteiger partial charge in [0.25, 0.3) is 0 Å². The lowest BCUT2D eigenvalue weighted by molar-refractivity contribution is 0.297. The third-order valence-electron chi connectivity index (χ3n) is 3.77. The van der Waals surface area contributed by atoms with Crippen LogP contribution in [0.1, 0.15) is 17.1 Å². The van der Waals surface area contributed by atoms with Gasteiger partial charge in [-0.25, -0.2) is 4.98 Å². The Hall–Kier alpha value is -3.02. The number of nitrogens with zero attached hydrogens (tertiary/aromatic N) is 2. The van der Waals surface area contributed by atoms with Gasteiger partial charge in [-0.15, -0.1) is 0 Å². The SMILES string of the molecule is N.OCCc1nc(Cc2ccccc2)c[nH]1.c1ccc2ncccc2c1. The number of nitrogens with one attached hydrogen (secondary N) is 1. The molecule has 0 spiro atoms. The summed E-state index contributed by atoms with van der Waals surface area (Å²) < 4.78 is 0. The van der Waals surface area contributed by atoms with Crippen LogP contribution in [0.5, 0.6) is 0 Å². The van der Waals surface area contributed by atoms with E-state index in [-0.39, 0.29) is 12.8 Å². The van der Waals surface area contributed by atoms with Crippen LogP contribution in [0, 0.1) is 0 Å². The second-order valence-electron chi connectivity index (χ2n) is 5.67. The Morgan fingerprint density at radius 1 is 0.885 bits per heavy atom. The van der Waals surface area contributed by atoms with Crippen molar-refractivity contribution in [2.45, 2.75) is 12.8 Å². The van der Waals surface area contributed by atoms with Gasteiger partial charge in [0, 0.05) is 30.6 Å². The number of fused-ring (bicyclic) bond motifs is 1. The average molecular weight is 348 g/mol. The van der Waals surface area contributed by atoms with Gasteiger partial charge in [0.05, 0.1) is 17.8 Å². The van der Waals surface area contributed by atoms with E-state index in [1.807, 2.05) is 54.9 Å². The molecular weight excluding hydrogens is 324 g/mol. The van der Waals surface area contributed by atoms with Gasteiger partial charge < -0.3 is 16.2 Å². The van der Waals surface area contributed by atoms with Crippen molar-refractivity contribution < 1.29 is 5.11 Å². The number of pyridine rings is 1. The van der Waals surface area contributed by atoms with Gasteiger partial charge in [0.2, 0.25) is 0 Å². The largest absolute Gasteiger partial charge is 0.396 e. The quantitative estimate of drug-likeness (QED) is 0.520. The topological polar surface area (TPSA) is 96.8 Å². The molecule has 0 saturated carbocycles. The first kappa shape index (κ1) is 19.3. The van der Waals surface area contributed by atoms with Crippen LogP contribution < -0.4 is 6.15 Å². The molecule has 4 rings (SSSR count). The Kier molecular flexibility index (Phi) is 7.49. The first-order valence-electron chi connectivity index (χ1n) is 8.33. The van der Waals surface area contributed by atoms with Gasteiger partial charge in [-0.1, -0.05) is 54.6 Å². The molecule has 0 fully saturated rings. The second kappa shape index (κ2) is 10.1. The Balaban J connectivity index is 0.000000193. The van der Waals surface area contributed by atoms with Crippen molar-refractivity contribution in [2.24, 2.45) is 0 Å². The Morgan fingerprint density at radius 2 is 1.62 bits per heavy atom. The smallest absolute Gasteiger partial charge is 0.108 e. The lowest BCUT2D eigenvalue weighted by Crippen LogP contribution is -1.93. The summed E-state index contributed by atoms with van der Waals surface area (Å²) in [6, 6.07) is 22.3. The van der Waals surface area contributed by atoms with E-state index in [1.54, 1.807) is 0 Å². The normalized spacial score (nSPS) is 9.88. The lowest BCUT2D eigenvalue weighted by atomic mass is 10.1. The van der Waals surface area contributed by atoms with Crippen molar-refractivity contribution >= 4 is 10.9 Å². The van der Waals surface area contributed by atoms with E-state index in [9.17, 15) is 0 Å². The van der Waals surface area contributed by atoms with Crippen molar-refractivity contribution in [3.8, 4) is 0 Å². The number of aromatic amines is 1. The molecule has 0 amide bonds. The number of aromatic nitrogens is 3. The molecule has 4 aromatic rings. The fourth-order valence-corrected chi connectivity index (χ4v) is 2.55. The molecule has 0 aliphatic heterocycles. The number of rotatable bonds is 4. The average Bonchev–Trinajstić information content (AvgIpc) is 3.10. The van der Waals surface area contributed by atoms with Crippen molar-refractivity contribution in [1.29, 1.82) is 0 Å². The van der Waals surface area contributed by atoms with Crippen LogP contribution in [0.2, 0.25) is 0 Å². The minimum Gasteiger partial charge on any atom is -0.396 e. The first-order chi connectivity index (χ1) is 12.3. The highest BCUT2D eigenvalue weighted by atomic mass is 16.3. The summed E-state index contributed by atoms with van der Waals surface area (Å²) >= 11 is 0. The first-order valence-corrected chi connectivity index (χ1v) is 8.33. The zero-order chi connectivity index (χ0) is 17.3. The van der Waals surface area contributed by atoms with Crippen LogP contribution in [0.4, 0.5) is 0 Å². The monoisotopic (exact) mass is 348 g/mol. The maximum atomic E-state index is 8.76. The Bertz CT molecular complexity index is 840. The number of H-pyrrole nitrogens is 1. The lowest BCUT2D eigenvalue weighted by Gasteiger charge is -1.96. The van der Waals surface area contributed by atoms with Gasteiger partial charge in [-0.2, -0.15) is 0 Å². The predicted octanol–water partition coefficient (Wildman–Crippen LogP) is 3.93. The molecular formula is C21H24N4O. The van der Waals surface area contributed by atoms with Crippen molar-refractivity contribution in [1.82, 2.24) is 21.1 Å². The summed E-state index contributed by atoms with van der Waals surface area (Å²) in [7, 11) is 0.